The number of aryl methyl sites for hydroxylation is 1. The van der Waals surface area contributed by atoms with E-state index in [0.29, 0.717) is 6.42 Å². The molecule has 3 heteroatoms. The topological polar surface area (TPSA) is 42.0 Å². The summed E-state index contributed by atoms with van der Waals surface area (Å²) in [4.78, 5) is 16.5. The smallest absolute Gasteiger partial charge is 0.225 e. The third kappa shape index (κ3) is 3.67. The standard InChI is InChI=1S/C17H20N2O/c1-13-7-9-14(10-8-13)12-16(20)19-17(2,3)15-6-4-5-11-18-15/h4-11H,12H2,1-3H3,(H,19,20). The molecule has 0 aliphatic heterocycles. The summed E-state index contributed by atoms with van der Waals surface area (Å²) < 4.78 is 0. The summed E-state index contributed by atoms with van der Waals surface area (Å²) in [5.74, 6) is 0.00417. The van der Waals surface area contributed by atoms with Gasteiger partial charge in [0.25, 0.3) is 0 Å². The SMILES string of the molecule is Cc1ccc(CC(=O)NC(C)(C)c2ccccn2)cc1. The van der Waals surface area contributed by atoms with E-state index < -0.39 is 5.54 Å². The summed E-state index contributed by atoms with van der Waals surface area (Å²) in [6.45, 7) is 5.96. The lowest BCUT2D eigenvalue weighted by Gasteiger charge is -2.25. The number of hydrogen-bond donors (Lipinski definition) is 1. The van der Waals surface area contributed by atoms with E-state index in [1.807, 2.05) is 63.2 Å². The molecule has 0 aliphatic rings. The largest absolute Gasteiger partial charge is 0.345 e. The lowest BCUT2D eigenvalue weighted by molar-refractivity contribution is -0.122. The molecule has 0 atom stereocenters. The predicted molar refractivity (Wildman–Crippen MR) is 80.3 cm³/mol. The van der Waals surface area contributed by atoms with Crippen LogP contribution in [0.2, 0.25) is 0 Å². The fourth-order valence-corrected chi connectivity index (χ4v) is 2.08. The fraction of sp³-hybridized carbons (Fsp3) is 0.294. The molecule has 1 N–H and O–H groups in total. The molecule has 0 spiro atoms. The Morgan fingerprint density at radius 2 is 1.85 bits per heavy atom. The van der Waals surface area contributed by atoms with Crippen LogP contribution in [-0.4, -0.2) is 10.9 Å². The van der Waals surface area contributed by atoms with Crippen LogP contribution in [0.1, 0.15) is 30.7 Å². The highest BCUT2D eigenvalue weighted by Gasteiger charge is 2.23. The Labute approximate surface area is 120 Å². The summed E-state index contributed by atoms with van der Waals surface area (Å²) in [6.07, 6.45) is 2.12. The lowest BCUT2D eigenvalue weighted by atomic mass is 9.99. The zero-order chi connectivity index (χ0) is 14.6. The molecule has 20 heavy (non-hydrogen) atoms. The molecule has 2 aromatic rings. The van der Waals surface area contributed by atoms with E-state index in [2.05, 4.69) is 10.3 Å². The maximum Gasteiger partial charge on any atom is 0.225 e. The molecule has 1 aromatic heterocycles. The summed E-state index contributed by atoms with van der Waals surface area (Å²) in [5.41, 5.74) is 2.61. The molecule has 2 rings (SSSR count). The first-order valence-electron chi connectivity index (χ1n) is 6.75. The minimum Gasteiger partial charge on any atom is -0.345 e. The van der Waals surface area contributed by atoms with Crippen molar-refractivity contribution >= 4 is 5.91 Å². The van der Waals surface area contributed by atoms with Gasteiger partial charge >= 0.3 is 0 Å². The van der Waals surface area contributed by atoms with Gasteiger partial charge in [0.05, 0.1) is 17.7 Å². The van der Waals surface area contributed by atoms with E-state index in [4.69, 9.17) is 0 Å². The third-order valence-electron chi connectivity index (χ3n) is 3.24. The first-order chi connectivity index (χ1) is 9.47. The number of carbonyl (C=O) groups is 1. The van der Waals surface area contributed by atoms with Crippen LogP contribution in [0.3, 0.4) is 0 Å². The lowest BCUT2D eigenvalue weighted by Crippen LogP contribution is -2.42. The number of rotatable bonds is 4. The Morgan fingerprint density at radius 1 is 1.15 bits per heavy atom. The van der Waals surface area contributed by atoms with Gasteiger partial charge in [0.15, 0.2) is 0 Å². The highest BCUT2D eigenvalue weighted by atomic mass is 16.1. The van der Waals surface area contributed by atoms with Crippen molar-refractivity contribution in [3.05, 3.63) is 65.5 Å². The molecule has 0 radical (unpaired) electrons. The average Bonchev–Trinajstić information content (AvgIpc) is 2.42. The van der Waals surface area contributed by atoms with Crippen LogP contribution in [0.5, 0.6) is 0 Å². The second kappa shape index (κ2) is 5.87. The number of aromatic nitrogens is 1. The normalized spacial score (nSPS) is 11.2. The highest BCUT2D eigenvalue weighted by Crippen LogP contribution is 2.17. The van der Waals surface area contributed by atoms with E-state index in [1.165, 1.54) is 5.56 Å². The van der Waals surface area contributed by atoms with Gasteiger partial charge in [-0.1, -0.05) is 35.9 Å². The van der Waals surface area contributed by atoms with Crippen molar-refractivity contribution < 1.29 is 4.79 Å². The van der Waals surface area contributed by atoms with Crippen molar-refractivity contribution in [1.82, 2.24) is 10.3 Å². The van der Waals surface area contributed by atoms with Gasteiger partial charge in [-0.25, -0.2) is 0 Å². The van der Waals surface area contributed by atoms with Gasteiger partial charge < -0.3 is 5.32 Å². The van der Waals surface area contributed by atoms with Crippen LogP contribution >= 0.6 is 0 Å². The van der Waals surface area contributed by atoms with E-state index in [1.54, 1.807) is 6.20 Å². The molecule has 1 amide bonds. The first kappa shape index (κ1) is 14.3. The van der Waals surface area contributed by atoms with E-state index in [-0.39, 0.29) is 5.91 Å². The summed E-state index contributed by atoms with van der Waals surface area (Å²) in [7, 11) is 0. The molecule has 104 valence electrons. The summed E-state index contributed by atoms with van der Waals surface area (Å²) >= 11 is 0. The van der Waals surface area contributed by atoms with Crippen LogP contribution in [0.4, 0.5) is 0 Å². The van der Waals surface area contributed by atoms with Gasteiger partial charge in [-0.05, 0) is 38.5 Å². The van der Waals surface area contributed by atoms with Crippen LogP contribution in [-0.2, 0) is 16.8 Å². The molecular formula is C17H20N2O. The molecule has 0 bridgehead atoms. The molecule has 3 nitrogen and oxygen atoms in total. The van der Waals surface area contributed by atoms with Gasteiger partial charge in [-0.15, -0.1) is 0 Å². The molecule has 0 aliphatic carbocycles. The average molecular weight is 268 g/mol. The van der Waals surface area contributed by atoms with Gasteiger partial charge in [-0.2, -0.15) is 0 Å². The van der Waals surface area contributed by atoms with Crippen LogP contribution < -0.4 is 5.32 Å². The maximum atomic E-state index is 12.1. The molecule has 0 saturated heterocycles. The molecule has 1 aromatic carbocycles. The van der Waals surface area contributed by atoms with Crippen molar-refractivity contribution in [2.75, 3.05) is 0 Å². The Bertz CT molecular complexity index is 574. The third-order valence-corrected chi connectivity index (χ3v) is 3.24. The highest BCUT2D eigenvalue weighted by molar-refractivity contribution is 5.79. The summed E-state index contributed by atoms with van der Waals surface area (Å²) in [5, 5.41) is 3.03. The monoisotopic (exact) mass is 268 g/mol. The molecule has 0 fully saturated rings. The molecule has 0 unspecified atom stereocenters. The minimum absolute atomic E-state index is 0.00417. The van der Waals surface area contributed by atoms with Crippen LogP contribution in [0, 0.1) is 6.92 Å². The quantitative estimate of drug-likeness (QED) is 0.926. The number of amides is 1. The first-order valence-corrected chi connectivity index (χ1v) is 6.75. The molecular weight excluding hydrogens is 248 g/mol. The fourth-order valence-electron chi connectivity index (χ4n) is 2.08. The number of benzene rings is 1. The predicted octanol–water partition coefficient (Wildman–Crippen LogP) is 2.98. The molecule has 1 heterocycles. The van der Waals surface area contributed by atoms with Gasteiger partial charge in [0.2, 0.25) is 5.91 Å². The number of pyridine rings is 1. The van der Waals surface area contributed by atoms with E-state index in [9.17, 15) is 4.79 Å². The Kier molecular flexibility index (Phi) is 4.18. The van der Waals surface area contributed by atoms with Crippen LogP contribution in [0.15, 0.2) is 48.7 Å². The zero-order valence-corrected chi connectivity index (χ0v) is 12.2. The second-order valence-corrected chi connectivity index (χ2v) is 5.55. The Morgan fingerprint density at radius 3 is 2.45 bits per heavy atom. The molecule has 0 saturated carbocycles. The number of hydrogen-bond acceptors (Lipinski definition) is 2. The van der Waals surface area contributed by atoms with Crippen molar-refractivity contribution in [3.63, 3.8) is 0 Å². The minimum atomic E-state index is -0.469. The summed E-state index contributed by atoms with van der Waals surface area (Å²) in [6, 6.07) is 13.7. The van der Waals surface area contributed by atoms with Crippen molar-refractivity contribution in [1.29, 1.82) is 0 Å². The Balaban J connectivity index is 2.02. The van der Waals surface area contributed by atoms with E-state index >= 15 is 0 Å². The maximum absolute atomic E-state index is 12.1. The van der Waals surface area contributed by atoms with Gasteiger partial charge in [0, 0.05) is 6.20 Å². The second-order valence-electron chi connectivity index (χ2n) is 5.55. The Hall–Kier alpha value is -2.16. The van der Waals surface area contributed by atoms with Crippen molar-refractivity contribution in [2.45, 2.75) is 32.7 Å². The van der Waals surface area contributed by atoms with Crippen molar-refractivity contribution in [2.24, 2.45) is 0 Å². The zero-order valence-electron chi connectivity index (χ0n) is 12.2. The van der Waals surface area contributed by atoms with Gasteiger partial charge in [-0.3, -0.25) is 9.78 Å². The number of carbonyl (C=O) groups excluding carboxylic acids is 1. The number of nitrogens with one attached hydrogen (secondary N) is 1. The van der Waals surface area contributed by atoms with Gasteiger partial charge in [0.1, 0.15) is 0 Å². The van der Waals surface area contributed by atoms with Crippen molar-refractivity contribution in [3.8, 4) is 0 Å². The number of nitrogens with zero attached hydrogens (tertiary/aromatic N) is 1. The van der Waals surface area contributed by atoms with E-state index in [0.717, 1.165) is 11.3 Å². The van der Waals surface area contributed by atoms with Crippen LogP contribution in [0.25, 0.3) is 0 Å².